The van der Waals surface area contributed by atoms with Gasteiger partial charge in [0.15, 0.2) is 0 Å². The van der Waals surface area contributed by atoms with Gasteiger partial charge in [-0.3, -0.25) is 9.59 Å². The predicted octanol–water partition coefficient (Wildman–Crippen LogP) is 4.91. The summed E-state index contributed by atoms with van der Waals surface area (Å²) in [5.74, 6) is -2.14. The van der Waals surface area contributed by atoms with Crippen molar-refractivity contribution in [1.29, 1.82) is 0 Å². The maximum Gasteiger partial charge on any atom is 0.268 e. The molecule has 0 bridgehead atoms. The Bertz CT molecular complexity index is 1100. The average molecular weight is 529 g/mol. The van der Waals surface area contributed by atoms with E-state index in [1.807, 2.05) is 0 Å². The molecule has 3 aromatic rings. The standard InChI is InChI=1S/C20H17Br2F2N3O2/c1-9(25-19(28)11-4-3-5-13(21)17(11)23)10(2)26-20(29)16-8-12-15(27-16)7-6-14(22)18(12)24/h3-10,27H,1-2H3,(H,25,28)(H,26,29). The quantitative estimate of drug-likeness (QED) is 0.440. The molecule has 2 aromatic carbocycles. The Morgan fingerprint density at radius 3 is 2.24 bits per heavy atom. The number of fused-ring (bicyclic) bond motifs is 1. The minimum absolute atomic E-state index is 0.0959. The van der Waals surface area contributed by atoms with Gasteiger partial charge in [0.1, 0.15) is 17.3 Å². The second-order valence-electron chi connectivity index (χ2n) is 6.63. The fourth-order valence-electron chi connectivity index (χ4n) is 2.76. The van der Waals surface area contributed by atoms with Crippen molar-refractivity contribution in [3.63, 3.8) is 0 Å². The molecule has 0 aliphatic rings. The second kappa shape index (κ2) is 8.62. The van der Waals surface area contributed by atoms with E-state index in [1.165, 1.54) is 18.2 Å². The minimum Gasteiger partial charge on any atom is -0.350 e. The molecule has 1 heterocycles. The summed E-state index contributed by atoms with van der Waals surface area (Å²) in [5, 5.41) is 5.72. The summed E-state index contributed by atoms with van der Waals surface area (Å²) in [6.45, 7) is 3.40. The predicted molar refractivity (Wildman–Crippen MR) is 114 cm³/mol. The molecular weight excluding hydrogens is 512 g/mol. The van der Waals surface area contributed by atoms with Crippen LogP contribution in [-0.2, 0) is 0 Å². The van der Waals surface area contributed by atoms with Crippen molar-refractivity contribution in [1.82, 2.24) is 15.6 Å². The number of nitrogens with one attached hydrogen (secondary N) is 3. The van der Waals surface area contributed by atoms with Crippen LogP contribution in [0.25, 0.3) is 10.9 Å². The highest BCUT2D eigenvalue weighted by atomic mass is 79.9. The van der Waals surface area contributed by atoms with Crippen LogP contribution in [0.5, 0.6) is 0 Å². The van der Waals surface area contributed by atoms with Crippen LogP contribution < -0.4 is 10.6 Å². The fraction of sp³-hybridized carbons (Fsp3) is 0.200. The smallest absolute Gasteiger partial charge is 0.268 e. The molecule has 0 saturated heterocycles. The molecule has 2 unspecified atom stereocenters. The molecule has 0 spiro atoms. The fourth-order valence-corrected chi connectivity index (χ4v) is 3.47. The van der Waals surface area contributed by atoms with Gasteiger partial charge >= 0.3 is 0 Å². The molecule has 152 valence electrons. The summed E-state index contributed by atoms with van der Waals surface area (Å²) >= 11 is 6.16. The Morgan fingerprint density at radius 2 is 1.55 bits per heavy atom. The van der Waals surface area contributed by atoms with Crippen LogP contribution >= 0.6 is 31.9 Å². The first kappa shape index (κ1) is 21.4. The Balaban J connectivity index is 1.68. The highest BCUT2D eigenvalue weighted by molar-refractivity contribution is 9.10. The zero-order valence-electron chi connectivity index (χ0n) is 15.4. The van der Waals surface area contributed by atoms with Crippen LogP contribution in [0.4, 0.5) is 8.78 Å². The SMILES string of the molecule is CC(NC(=O)c1cc2c(F)c(Br)ccc2[nH]1)C(C)NC(=O)c1cccc(Br)c1F. The molecule has 5 nitrogen and oxygen atoms in total. The van der Waals surface area contributed by atoms with Gasteiger partial charge in [0.2, 0.25) is 0 Å². The lowest BCUT2D eigenvalue weighted by molar-refractivity contribution is 0.0887. The monoisotopic (exact) mass is 527 g/mol. The molecule has 0 radical (unpaired) electrons. The summed E-state index contributed by atoms with van der Waals surface area (Å²) in [5.41, 5.74) is 0.594. The lowest BCUT2D eigenvalue weighted by Crippen LogP contribution is -2.48. The van der Waals surface area contributed by atoms with Gasteiger partial charge in [-0.25, -0.2) is 8.78 Å². The van der Waals surface area contributed by atoms with Crippen LogP contribution in [0.2, 0.25) is 0 Å². The van der Waals surface area contributed by atoms with Crippen molar-refractivity contribution < 1.29 is 18.4 Å². The van der Waals surface area contributed by atoms with Crippen LogP contribution in [0.3, 0.4) is 0 Å². The molecule has 1 aromatic heterocycles. The number of carbonyl (C=O) groups is 2. The van der Waals surface area contributed by atoms with E-state index in [0.29, 0.717) is 15.4 Å². The van der Waals surface area contributed by atoms with E-state index in [9.17, 15) is 18.4 Å². The molecule has 0 aliphatic carbocycles. The van der Waals surface area contributed by atoms with E-state index in [1.54, 1.807) is 32.0 Å². The number of halogens is 4. The summed E-state index contributed by atoms with van der Waals surface area (Å²) < 4.78 is 28.7. The number of aromatic nitrogens is 1. The molecule has 9 heteroatoms. The zero-order chi connectivity index (χ0) is 21.3. The number of aromatic amines is 1. The molecule has 2 amide bonds. The third-order valence-corrected chi connectivity index (χ3v) is 5.82. The van der Waals surface area contributed by atoms with Crippen LogP contribution in [-0.4, -0.2) is 28.9 Å². The number of benzene rings is 2. The van der Waals surface area contributed by atoms with Crippen molar-refractivity contribution in [2.75, 3.05) is 0 Å². The van der Waals surface area contributed by atoms with E-state index in [2.05, 4.69) is 47.5 Å². The van der Waals surface area contributed by atoms with Gasteiger partial charge in [-0.05, 0) is 76.0 Å². The maximum atomic E-state index is 14.2. The highest BCUT2D eigenvalue weighted by Crippen LogP contribution is 2.25. The number of carbonyl (C=O) groups excluding carboxylic acids is 2. The average Bonchev–Trinajstić information content (AvgIpc) is 3.12. The second-order valence-corrected chi connectivity index (χ2v) is 8.34. The van der Waals surface area contributed by atoms with Crippen molar-refractivity contribution in [3.05, 3.63) is 68.2 Å². The first-order valence-corrected chi connectivity index (χ1v) is 10.3. The summed E-state index contributed by atoms with van der Waals surface area (Å²) in [7, 11) is 0. The Hall–Kier alpha value is -2.26. The topological polar surface area (TPSA) is 74.0 Å². The molecular formula is C20H17Br2F2N3O2. The van der Waals surface area contributed by atoms with Gasteiger partial charge in [0.05, 0.1) is 14.5 Å². The Labute approximate surface area is 182 Å². The van der Waals surface area contributed by atoms with Crippen LogP contribution in [0, 0.1) is 11.6 Å². The van der Waals surface area contributed by atoms with E-state index < -0.39 is 35.5 Å². The Kier molecular flexibility index (Phi) is 6.38. The van der Waals surface area contributed by atoms with Crippen molar-refractivity contribution in [3.8, 4) is 0 Å². The van der Waals surface area contributed by atoms with Crippen molar-refractivity contribution in [2.45, 2.75) is 25.9 Å². The number of amides is 2. The third-order valence-electron chi connectivity index (χ3n) is 4.60. The molecule has 3 N–H and O–H groups in total. The lowest BCUT2D eigenvalue weighted by Gasteiger charge is -2.22. The van der Waals surface area contributed by atoms with Crippen LogP contribution in [0.1, 0.15) is 34.7 Å². The molecule has 2 atom stereocenters. The molecule has 29 heavy (non-hydrogen) atoms. The summed E-state index contributed by atoms with van der Waals surface area (Å²) in [6.07, 6.45) is 0. The first-order chi connectivity index (χ1) is 13.7. The highest BCUT2D eigenvalue weighted by Gasteiger charge is 2.22. The maximum absolute atomic E-state index is 14.2. The van der Waals surface area contributed by atoms with E-state index in [-0.39, 0.29) is 15.7 Å². The van der Waals surface area contributed by atoms with Crippen LogP contribution in [0.15, 0.2) is 45.3 Å². The van der Waals surface area contributed by atoms with E-state index >= 15 is 0 Å². The van der Waals surface area contributed by atoms with Gasteiger partial charge in [0, 0.05) is 23.0 Å². The summed E-state index contributed by atoms with van der Waals surface area (Å²) in [4.78, 5) is 27.7. The number of H-pyrrole nitrogens is 1. The molecule has 0 aliphatic heterocycles. The number of hydrogen-bond donors (Lipinski definition) is 3. The number of hydrogen-bond acceptors (Lipinski definition) is 2. The largest absolute Gasteiger partial charge is 0.350 e. The summed E-state index contributed by atoms with van der Waals surface area (Å²) in [6, 6.07) is 8.13. The lowest BCUT2D eigenvalue weighted by atomic mass is 10.1. The zero-order valence-corrected chi connectivity index (χ0v) is 18.6. The number of rotatable bonds is 5. The first-order valence-electron chi connectivity index (χ1n) is 8.71. The van der Waals surface area contributed by atoms with Gasteiger partial charge < -0.3 is 15.6 Å². The van der Waals surface area contributed by atoms with Crippen molar-refractivity contribution >= 4 is 54.6 Å². The van der Waals surface area contributed by atoms with E-state index in [4.69, 9.17) is 0 Å². The Morgan fingerprint density at radius 1 is 0.931 bits per heavy atom. The van der Waals surface area contributed by atoms with Gasteiger partial charge in [-0.2, -0.15) is 0 Å². The van der Waals surface area contributed by atoms with Gasteiger partial charge in [-0.1, -0.05) is 6.07 Å². The van der Waals surface area contributed by atoms with Gasteiger partial charge in [0.25, 0.3) is 11.8 Å². The third kappa shape index (κ3) is 4.51. The van der Waals surface area contributed by atoms with Gasteiger partial charge in [-0.15, -0.1) is 0 Å². The minimum atomic E-state index is -0.653. The molecule has 3 rings (SSSR count). The molecule has 0 fully saturated rings. The normalized spacial score (nSPS) is 13.2. The molecule has 0 saturated carbocycles. The van der Waals surface area contributed by atoms with Crippen molar-refractivity contribution in [2.24, 2.45) is 0 Å². The van der Waals surface area contributed by atoms with E-state index in [0.717, 1.165) is 0 Å².